The van der Waals surface area contributed by atoms with Gasteiger partial charge in [0.2, 0.25) is 5.91 Å². The van der Waals surface area contributed by atoms with Crippen LogP contribution in [0.3, 0.4) is 0 Å². The second-order valence-electron chi connectivity index (χ2n) is 4.38. The average Bonchev–Trinajstić information content (AvgIpc) is 2.81. The zero-order chi connectivity index (χ0) is 12.1. The molecule has 1 aromatic rings. The normalized spacial score (nSPS) is 19.2. The van der Waals surface area contributed by atoms with Crippen LogP contribution < -0.4 is 10.6 Å². The first-order valence-corrected chi connectivity index (χ1v) is 6.78. The third-order valence-electron chi connectivity index (χ3n) is 2.98. The fourth-order valence-corrected chi connectivity index (χ4v) is 2.25. The molecule has 0 saturated carbocycles. The topological polar surface area (TPSA) is 41.1 Å². The molecule has 0 aliphatic carbocycles. The van der Waals surface area contributed by atoms with Gasteiger partial charge in [0.1, 0.15) is 0 Å². The highest BCUT2D eigenvalue weighted by molar-refractivity contribution is 9.10. The Kier molecular flexibility index (Phi) is 4.57. The first-order chi connectivity index (χ1) is 8.24. The Hall–Kier alpha value is -0.870. The molecule has 3 nitrogen and oxygen atoms in total. The van der Waals surface area contributed by atoms with Gasteiger partial charge in [-0.1, -0.05) is 28.1 Å². The third-order valence-corrected chi connectivity index (χ3v) is 3.51. The summed E-state index contributed by atoms with van der Waals surface area (Å²) in [7, 11) is 0. The number of halogens is 1. The van der Waals surface area contributed by atoms with Crippen molar-refractivity contribution in [3.8, 4) is 0 Å². The van der Waals surface area contributed by atoms with Crippen LogP contribution in [-0.4, -0.2) is 25.0 Å². The molecule has 0 aromatic heterocycles. The fraction of sp³-hybridized carbons (Fsp3) is 0.462. The quantitative estimate of drug-likeness (QED) is 0.890. The summed E-state index contributed by atoms with van der Waals surface area (Å²) in [5.74, 6) is 0.154. The Morgan fingerprint density at radius 2 is 2.18 bits per heavy atom. The summed E-state index contributed by atoms with van der Waals surface area (Å²) in [6.07, 6.45) is 2.42. The molecule has 1 unspecified atom stereocenters. The molecule has 1 aliphatic heterocycles. The number of benzene rings is 1. The Morgan fingerprint density at radius 3 is 2.82 bits per heavy atom. The smallest absolute Gasteiger partial charge is 0.220 e. The minimum Gasteiger partial charge on any atom is -0.352 e. The summed E-state index contributed by atoms with van der Waals surface area (Å²) in [5, 5.41) is 6.29. The van der Waals surface area contributed by atoms with Crippen LogP contribution in [0.25, 0.3) is 0 Å². The van der Waals surface area contributed by atoms with Gasteiger partial charge in [0.25, 0.3) is 0 Å². The Balaban J connectivity index is 1.73. The van der Waals surface area contributed by atoms with Crippen LogP contribution in [0.15, 0.2) is 28.7 Å². The van der Waals surface area contributed by atoms with E-state index in [2.05, 4.69) is 38.7 Å². The number of rotatable bonds is 4. The van der Waals surface area contributed by atoms with Crippen LogP contribution in [0.1, 0.15) is 18.4 Å². The second kappa shape index (κ2) is 6.17. The lowest BCUT2D eigenvalue weighted by Crippen LogP contribution is -2.36. The van der Waals surface area contributed by atoms with Crippen LogP contribution in [-0.2, 0) is 11.2 Å². The maximum Gasteiger partial charge on any atom is 0.220 e. The Labute approximate surface area is 110 Å². The number of hydrogen-bond acceptors (Lipinski definition) is 2. The fourth-order valence-electron chi connectivity index (χ4n) is 1.99. The molecule has 92 valence electrons. The van der Waals surface area contributed by atoms with Gasteiger partial charge in [0, 0.05) is 23.5 Å². The van der Waals surface area contributed by atoms with E-state index in [1.165, 1.54) is 5.56 Å². The summed E-state index contributed by atoms with van der Waals surface area (Å²) in [5.41, 5.74) is 1.20. The van der Waals surface area contributed by atoms with Gasteiger partial charge in [-0.2, -0.15) is 0 Å². The molecule has 0 spiro atoms. The van der Waals surface area contributed by atoms with Gasteiger partial charge in [-0.05, 0) is 37.1 Å². The summed E-state index contributed by atoms with van der Waals surface area (Å²) >= 11 is 3.40. The van der Waals surface area contributed by atoms with Crippen LogP contribution in [0, 0.1) is 0 Å². The Morgan fingerprint density at radius 1 is 1.41 bits per heavy atom. The van der Waals surface area contributed by atoms with E-state index in [4.69, 9.17) is 0 Å². The van der Waals surface area contributed by atoms with Crippen molar-refractivity contribution in [2.24, 2.45) is 0 Å². The molecular formula is C13H17BrN2O. The van der Waals surface area contributed by atoms with Crippen LogP contribution >= 0.6 is 15.9 Å². The van der Waals surface area contributed by atoms with Crippen LogP contribution in [0.4, 0.5) is 0 Å². The number of amides is 1. The van der Waals surface area contributed by atoms with E-state index in [0.29, 0.717) is 12.5 Å². The van der Waals surface area contributed by atoms with E-state index in [-0.39, 0.29) is 5.91 Å². The molecule has 1 aliphatic rings. The van der Waals surface area contributed by atoms with Crippen molar-refractivity contribution in [2.75, 3.05) is 13.1 Å². The average molecular weight is 297 g/mol. The lowest BCUT2D eigenvalue weighted by atomic mass is 10.1. The molecule has 1 aromatic carbocycles. The SMILES string of the molecule is O=C(CCc1ccc(Br)cc1)NC1CCNC1. The van der Waals surface area contributed by atoms with Crippen molar-refractivity contribution < 1.29 is 4.79 Å². The lowest BCUT2D eigenvalue weighted by Gasteiger charge is -2.11. The van der Waals surface area contributed by atoms with Crippen molar-refractivity contribution in [3.63, 3.8) is 0 Å². The first-order valence-electron chi connectivity index (χ1n) is 5.98. The largest absolute Gasteiger partial charge is 0.352 e. The number of carbonyl (C=O) groups is 1. The maximum atomic E-state index is 11.7. The molecular weight excluding hydrogens is 280 g/mol. The van der Waals surface area contributed by atoms with Gasteiger partial charge in [0.05, 0.1) is 0 Å². The number of aryl methyl sites for hydroxylation is 1. The second-order valence-corrected chi connectivity index (χ2v) is 5.30. The summed E-state index contributed by atoms with van der Waals surface area (Å²) < 4.78 is 1.07. The van der Waals surface area contributed by atoms with Gasteiger partial charge in [-0.25, -0.2) is 0 Å². The highest BCUT2D eigenvalue weighted by Gasteiger charge is 2.16. The van der Waals surface area contributed by atoms with E-state index >= 15 is 0 Å². The van der Waals surface area contributed by atoms with E-state index in [1.807, 2.05) is 12.1 Å². The Bertz CT molecular complexity index is 372. The molecule has 0 bridgehead atoms. The predicted octanol–water partition coefficient (Wildman–Crippen LogP) is 1.86. The number of nitrogens with one attached hydrogen (secondary N) is 2. The minimum absolute atomic E-state index is 0.154. The molecule has 1 amide bonds. The zero-order valence-corrected chi connectivity index (χ0v) is 11.3. The zero-order valence-electron chi connectivity index (χ0n) is 9.71. The molecule has 1 fully saturated rings. The summed E-state index contributed by atoms with van der Waals surface area (Å²) in [4.78, 5) is 11.7. The number of carbonyl (C=O) groups excluding carboxylic acids is 1. The third kappa shape index (κ3) is 4.13. The van der Waals surface area contributed by atoms with Crippen molar-refractivity contribution in [1.82, 2.24) is 10.6 Å². The molecule has 17 heavy (non-hydrogen) atoms. The van der Waals surface area contributed by atoms with Crippen LogP contribution in [0.2, 0.25) is 0 Å². The molecule has 2 rings (SSSR count). The monoisotopic (exact) mass is 296 g/mol. The molecule has 1 atom stereocenters. The first kappa shape index (κ1) is 12.6. The molecule has 0 radical (unpaired) electrons. The summed E-state index contributed by atoms with van der Waals surface area (Å²) in [6, 6.07) is 8.44. The number of hydrogen-bond donors (Lipinski definition) is 2. The van der Waals surface area contributed by atoms with E-state index < -0.39 is 0 Å². The van der Waals surface area contributed by atoms with Crippen molar-refractivity contribution >= 4 is 21.8 Å². The van der Waals surface area contributed by atoms with Gasteiger partial charge < -0.3 is 10.6 Å². The maximum absolute atomic E-state index is 11.7. The minimum atomic E-state index is 0.154. The van der Waals surface area contributed by atoms with Gasteiger partial charge in [0.15, 0.2) is 0 Å². The van der Waals surface area contributed by atoms with E-state index in [1.54, 1.807) is 0 Å². The van der Waals surface area contributed by atoms with Crippen molar-refractivity contribution in [3.05, 3.63) is 34.3 Å². The highest BCUT2D eigenvalue weighted by atomic mass is 79.9. The van der Waals surface area contributed by atoms with E-state index in [0.717, 1.165) is 30.4 Å². The van der Waals surface area contributed by atoms with E-state index in [9.17, 15) is 4.79 Å². The molecule has 4 heteroatoms. The standard InChI is InChI=1S/C13H17BrN2O/c14-11-4-1-10(2-5-11)3-6-13(17)16-12-7-8-15-9-12/h1-2,4-5,12,15H,3,6-9H2,(H,16,17). The molecule has 2 N–H and O–H groups in total. The van der Waals surface area contributed by atoms with Crippen molar-refractivity contribution in [1.29, 1.82) is 0 Å². The predicted molar refractivity (Wildman–Crippen MR) is 71.9 cm³/mol. The molecule has 1 saturated heterocycles. The van der Waals surface area contributed by atoms with Gasteiger partial charge in [-0.3, -0.25) is 4.79 Å². The van der Waals surface area contributed by atoms with Crippen LogP contribution in [0.5, 0.6) is 0 Å². The highest BCUT2D eigenvalue weighted by Crippen LogP contribution is 2.11. The van der Waals surface area contributed by atoms with Gasteiger partial charge in [-0.15, -0.1) is 0 Å². The lowest BCUT2D eigenvalue weighted by molar-refractivity contribution is -0.121. The van der Waals surface area contributed by atoms with Crippen molar-refractivity contribution in [2.45, 2.75) is 25.3 Å². The van der Waals surface area contributed by atoms with Gasteiger partial charge >= 0.3 is 0 Å². The summed E-state index contributed by atoms with van der Waals surface area (Å²) in [6.45, 7) is 1.92. The molecule has 1 heterocycles.